The van der Waals surface area contributed by atoms with Gasteiger partial charge in [-0.15, -0.1) is 0 Å². The average Bonchev–Trinajstić information content (AvgIpc) is 2.85. The van der Waals surface area contributed by atoms with Crippen molar-refractivity contribution < 1.29 is 9.63 Å². The van der Waals surface area contributed by atoms with Gasteiger partial charge in [-0.1, -0.05) is 47.1 Å². The Morgan fingerprint density at radius 2 is 2.21 bits per heavy atom. The summed E-state index contributed by atoms with van der Waals surface area (Å²) in [5, 5.41) is 13.7. The summed E-state index contributed by atoms with van der Waals surface area (Å²) < 4.78 is 6.25. The minimum atomic E-state index is -0.445. The van der Waals surface area contributed by atoms with Crippen LogP contribution in [0.4, 0.5) is 0 Å². The van der Waals surface area contributed by atoms with Gasteiger partial charge in [0.1, 0.15) is 0 Å². The van der Waals surface area contributed by atoms with Gasteiger partial charge in [0.2, 0.25) is 5.89 Å². The molecule has 0 saturated carbocycles. The molecule has 0 spiro atoms. The third kappa shape index (κ3) is 3.64. The van der Waals surface area contributed by atoms with Crippen molar-refractivity contribution in [3.8, 4) is 0 Å². The van der Waals surface area contributed by atoms with E-state index < -0.39 is 6.10 Å². The van der Waals surface area contributed by atoms with Crippen LogP contribution < -0.4 is 0 Å². The predicted molar refractivity (Wildman–Crippen MR) is 76.0 cm³/mol. The van der Waals surface area contributed by atoms with Gasteiger partial charge in [-0.25, -0.2) is 0 Å². The molecule has 0 fully saturated rings. The lowest BCUT2D eigenvalue weighted by Gasteiger charge is -2.11. The molecule has 0 aliphatic heterocycles. The van der Waals surface area contributed by atoms with Gasteiger partial charge in [-0.05, 0) is 24.1 Å². The first kappa shape index (κ1) is 14.2. The van der Waals surface area contributed by atoms with Crippen molar-refractivity contribution in [2.75, 3.05) is 0 Å². The largest absolute Gasteiger partial charge is 0.392 e. The zero-order chi connectivity index (χ0) is 13.8. The quantitative estimate of drug-likeness (QED) is 0.916. The molecule has 1 aromatic carbocycles. The topological polar surface area (TPSA) is 59.2 Å². The normalized spacial score (nSPS) is 14.3. The summed E-state index contributed by atoms with van der Waals surface area (Å²) in [4.78, 5) is 4.35. The molecule has 2 aromatic rings. The van der Waals surface area contributed by atoms with Crippen molar-refractivity contribution in [3.63, 3.8) is 0 Å². The Hall–Kier alpha value is -1.20. The molecule has 2 atom stereocenters. The van der Waals surface area contributed by atoms with Crippen molar-refractivity contribution in [2.24, 2.45) is 0 Å². The number of hydrogen-bond donors (Lipinski definition) is 1. The second-order valence-corrected chi connectivity index (χ2v) is 5.54. The van der Waals surface area contributed by atoms with Crippen molar-refractivity contribution in [1.29, 1.82) is 0 Å². The van der Waals surface area contributed by atoms with E-state index in [4.69, 9.17) is 4.52 Å². The Balaban J connectivity index is 2.09. The number of benzene rings is 1. The number of halogens is 1. The standard InChI is InChI=1S/C14H17BrN2O2/c1-3-12(18)9(2)14-16-13(17-19-14)8-10-5-4-6-11(15)7-10/h4-7,9,12,18H,3,8H2,1-2H3. The summed E-state index contributed by atoms with van der Waals surface area (Å²) in [5.41, 5.74) is 1.12. The number of nitrogens with zero attached hydrogens (tertiary/aromatic N) is 2. The molecule has 0 amide bonds. The summed E-state index contributed by atoms with van der Waals surface area (Å²) in [5.74, 6) is 1.01. The molecule has 102 valence electrons. The summed E-state index contributed by atoms with van der Waals surface area (Å²) >= 11 is 3.44. The summed E-state index contributed by atoms with van der Waals surface area (Å²) in [6.45, 7) is 3.82. The number of aromatic nitrogens is 2. The maximum atomic E-state index is 9.78. The Morgan fingerprint density at radius 1 is 1.42 bits per heavy atom. The van der Waals surface area contributed by atoms with Crippen LogP contribution in [0.2, 0.25) is 0 Å². The van der Waals surface area contributed by atoms with E-state index in [-0.39, 0.29) is 5.92 Å². The van der Waals surface area contributed by atoms with E-state index in [0.29, 0.717) is 24.6 Å². The fourth-order valence-electron chi connectivity index (χ4n) is 1.87. The van der Waals surface area contributed by atoms with Gasteiger partial charge in [-0.3, -0.25) is 0 Å². The van der Waals surface area contributed by atoms with E-state index in [9.17, 15) is 5.11 Å². The molecule has 0 radical (unpaired) electrons. The second kappa shape index (κ2) is 6.30. The van der Waals surface area contributed by atoms with Crippen molar-refractivity contribution in [3.05, 3.63) is 46.0 Å². The van der Waals surface area contributed by atoms with E-state index in [1.807, 2.05) is 38.1 Å². The third-order valence-electron chi connectivity index (χ3n) is 3.12. The number of hydrogen-bond acceptors (Lipinski definition) is 4. The highest BCUT2D eigenvalue weighted by atomic mass is 79.9. The third-order valence-corrected chi connectivity index (χ3v) is 3.61. The molecular formula is C14H17BrN2O2. The van der Waals surface area contributed by atoms with Crippen LogP contribution in [0, 0.1) is 0 Å². The fraction of sp³-hybridized carbons (Fsp3) is 0.429. The number of rotatable bonds is 5. The van der Waals surface area contributed by atoms with Crippen LogP contribution in [0.15, 0.2) is 33.3 Å². The molecule has 5 heteroatoms. The SMILES string of the molecule is CCC(O)C(C)c1nc(Cc2cccc(Br)c2)no1. The predicted octanol–water partition coefficient (Wildman–Crippen LogP) is 3.30. The van der Waals surface area contributed by atoms with Gasteiger partial charge >= 0.3 is 0 Å². The zero-order valence-corrected chi connectivity index (χ0v) is 12.6. The summed E-state index contributed by atoms with van der Waals surface area (Å²) in [6, 6.07) is 8.00. The van der Waals surface area contributed by atoms with Crippen LogP contribution in [-0.2, 0) is 6.42 Å². The Kier molecular flexibility index (Phi) is 4.71. The Bertz CT molecular complexity index is 542. The number of aliphatic hydroxyl groups excluding tert-OH is 1. The zero-order valence-electron chi connectivity index (χ0n) is 11.0. The first-order chi connectivity index (χ1) is 9.10. The van der Waals surface area contributed by atoms with E-state index >= 15 is 0 Å². The van der Waals surface area contributed by atoms with Gasteiger partial charge < -0.3 is 9.63 Å². The molecule has 0 bridgehead atoms. The van der Waals surface area contributed by atoms with Gasteiger partial charge in [0, 0.05) is 10.9 Å². The summed E-state index contributed by atoms with van der Waals surface area (Å²) in [6.07, 6.45) is 0.849. The highest BCUT2D eigenvalue weighted by molar-refractivity contribution is 9.10. The molecular weight excluding hydrogens is 308 g/mol. The first-order valence-electron chi connectivity index (χ1n) is 6.35. The van der Waals surface area contributed by atoms with Crippen LogP contribution in [-0.4, -0.2) is 21.4 Å². The lowest BCUT2D eigenvalue weighted by Crippen LogP contribution is -2.14. The minimum Gasteiger partial charge on any atom is -0.392 e. The highest BCUT2D eigenvalue weighted by Crippen LogP contribution is 2.20. The minimum absolute atomic E-state index is 0.131. The van der Waals surface area contributed by atoms with Crippen LogP contribution in [0.1, 0.15) is 43.5 Å². The lowest BCUT2D eigenvalue weighted by molar-refractivity contribution is 0.129. The van der Waals surface area contributed by atoms with Gasteiger partial charge in [0.15, 0.2) is 5.82 Å². The monoisotopic (exact) mass is 324 g/mol. The highest BCUT2D eigenvalue weighted by Gasteiger charge is 2.20. The molecule has 2 rings (SSSR count). The van der Waals surface area contributed by atoms with Crippen LogP contribution in [0.5, 0.6) is 0 Å². The van der Waals surface area contributed by atoms with E-state index in [1.54, 1.807) is 0 Å². The molecule has 1 N–H and O–H groups in total. The molecule has 2 unspecified atom stereocenters. The van der Waals surface area contributed by atoms with Crippen LogP contribution in [0.3, 0.4) is 0 Å². The van der Waals surface area contributed by atoms with Crippen molar-refractivity contribution in [2.45, 2.75) is 38.7 Å². The molecule has 4 nitrogen and oxygen atoms in total. The average molecular weight is 325 g/mol. The lowest BCUT2D eigenvalue weighted by atomic mass is 10.0. The van der Waals surface area contributed by atoms with Crippen LogP contribution in [0.25, 0.3) is 0 Å². The molecule has 0 saturated heterocycles. The summed E-state index contributed by atoms with van der Waals surface area (Å²) in [7, 11) is 0. The smallest absolute Gasteiger partial charge is 0.232 e. The maximum Gasteiger partial charge on any atom is 0.232 e. The maximum absolute atomic E-state index is 9.78. The molecule has 1 heterocycles. The van der Waals surface area contributed by atoms with E-state index in [0.717, 1.165) is 10.0 Å². The van der Waals surface area contributed by atoms with E-state index in [2.05, 4.69) is 26.1 Å². The van der Waals surface area contributed by atoms with Gasteiger partial charge in [-0.2, -0.15) is 4.98 Å². The van der Waals surface area contributed by atoms with Gasteiger partial charge in [0.05, 0.1) is 12.0 Å². The Morgan fingerprint density at radius 3 is 2.89 bits per heavy atom. The van der Waals surface area contributed by atoms with E-state index in [1.165, 1.54) is 0 Å². The van der Waals surface area contributed by atoms with Gasteiger partial charge in [0.25, 0.3) is 0 Å². The molecule has 0 aliphatic carbocycles. The van der Waals surface area contributed by atoms with Crippen molar-refractivity contribution >= 4 is 15.9 Å². The molecule has 1 aromatic heterocycles. The van der Waals surface area contributed by atoms with Crippen molar-refractivity contribution in [1.82, 2.24) is 10.1 Å². The molecule has 0 aliphatic rings. The number of aliphatic hydroxyl groups is 1. The first-order valence-corrected chi connectivity index (χ1v) is 7.14. The molecule has 19 heavy (non-hydrogen) atoms. The van der Waals surface area contributed by atoms with Crippen LogP contribution >= 0.6 is 15.9 Å². The second-order valence-electron chi connectivity index (χ2n) is 4.62. The Labute approximate surface area is 121 Å². The fourth-order valence-corrected chi connectivity index (χ4v) is 2.32.